The molecule has 0 spiro atoms. The van der Waals surface area contributed by atoms with E-state index in [9.17, 15) is 4.79 Å². The molecule has 2 aromatic carbocycles. The van der Waals surface area contributed by atoms with Crippen molar-refractivity contribution >= 4 is 28.8 Å². The van der Waals surface area contributed by atoms with Gasteiger partial charge in [-0.1, -0.05) is 35.9 Å². The molecule has 1 heterocycles. The number of carbonyl (C=O) groups is 1. The van der Waals surface area contributed by atoms with Crippen LogP contribution in [0.25, 0.3) is 10.9 Å². The van der Waals surface area contributed by atoms with Crippen LogP contribution in [0.3, 0.4) is 0 Å². The van der Waals surface area contributed by atoms with Crippen LogP contribution in [-0.4, -0.2) is 11.3 Å². The Morgan fingerprint density at radius 1 is 1.10 bits per heavy atom. The normalized spacial score (nSPS) is 10.8. The molecule has 0 aliphatic rings. The van der Waals surface area contributed by atoms with E-state index in [0.29, 0.717) is 10.6 Å². The lowest BCUT2D eigenvalue weighted by atomic mass is 9.99. The van der Waals surface area contributed by atoms with Crippen LogP contribution in [0.4, 0.5) is 0 Å². The second-order valence-electron chi connectivity index (χ2n) is 5.12. The number of nitrogens with zero attached hydrogens (tertiary/aromatic N) is 1. The maximum atomic E-state index is 10.7. The van der Waals surface area contributed by atoms with E-state index >= 15 is 0 Å². The summed E-state index contributed by atoms with van der Waals surface area (Å²) >= 11 is 6.11. The number of fused-ring (bicyclic) bond motifs is 1. The molecule has 3 rings (SSSR count). The van der Waals surface area contributed by atoms with Gasteiger partial charge in [-0.05, 0) is 48.7 Å². The van der Waals surface area contributed by atoms with Crippen molar-refractivity contribution in [3.05, 3.63) is 75.9 Å². The quantitative estimate of drug-likeness (QED) is 0.661. The molecule has 3 heteroatoms. The van der Waals surface area contributed by atoms with Crippen molar-refractivity contribution in [2.24, 2.45) is 0 Å². The Balaban J connectivity index is 2.06. The third-order valence-corrected chi connectivity index (χ3v) is 3.73. The van der Waals surface area contributed by atoms with Crippen molar-refractivity contribution < 1.29 is 4.79 Å². The molecule has 2 nitrogen and oxygen atoms in total. The molecule has 0 aliphatic heterocycles. The Morgan fingerprint density at radius 2 is 1.86 bits per heavy atom. The fraction of sp³-hybridized carbons (Fsp3) is 0.111. The minimum Gasteiger partial charge on any atom is -0.298 e. The molecule has 3 aromatic rings. The summed E-state index contributed by atoms with van der Waals surface area (Å²) in [5.74, 6) is 0. The van der Waals surface area contributed by atoms with Gasteiger partial charge in [-0.2, -0.15) is 0 Å². The van der Waals surface area contributed by atoms with E-state index in [2.05, 4.69) is 11.1 Å². The van der Waals surface area contributed by atoms with Gasteiger partial charge in [-0.25, -0.2) is 0 Å². The molecule has 0 radical (unpaired) electrons. The number of aryl methyl sites for hydroxylation is 1. The molecule has 21 heavy (non-hydrogen) atoms. The third-order valence-electron chi connectivity index (χ3n) is 3.49. The summed E-state index contributed by atoms with van der Waals surface area (Å²) in [6.45, 7) is 1.99. The van der Waals surface area contributed by atoms with E-state index < -0.39 is 0 Å². The minimum absolute atomic E-state index is 0.692. The fourth-order valence-electron chi connectivity index (χ4n) is 2.50. The Bertz CT molecular complexity index is 809. The number of hydrogen-bond acceptors (Lipinski definition) is 2. The van der Waals surface area contributed by atoms with Gasteiger partial charge in [0.2, 0.25) is 0 Å². The van der Waals surface area contributed by atoms with Crippen molar-refractivity contribution in [3.8, 4) is 0 Å². The average molecular weight is 296 g/mol. The van der Waals surface area contributed by atoms with Crippen molar-refractivity contribution in [1.29, 1.82) is 0 Å². The van der Waals surface area contributed by atoms with E-state index in [-0.39, 0.29) is 0 Å². The van der Waals surface area contributed by atoms with Gasteiger partial charge in [-0.3, -0.25) is 9.78 Å². The van der Waals surface area contributed by atoms with Crippen LogP contribution in [0.2, 0.25) is 5.02 Å². The first-order valence-corrected chi connectivity index (χ1v) is 7.13. The first-order chi connectivity index (χ1) is 10.2. The summed E-state index contributed by atoms with van der Waals surface area (Å²) in [5, 5.41) is 1.79. The second kappa shape index (κ2) is 5.66. The van der Waals surface area contributed by atoms with E-state index in [1.54, 1.807) is 0 Å². The number of pyridine rings is 1. The maximum absolute atomic E-state index is 10.7. The van der Waals surface area contributed by atoms with Crippen LogP contribution < -0.4 is 0 Å². The van der Waals surface area contributed by atoms with E-state index in [1.165, 1.54) is 5.56 Å². The highest BCUT2D eigenvalue weighted by atomic mass is 35.5. The molecule has 0 N–H and O–H groups in total. The van der Waals surface area contributed by atoms with Crippen molar-refractivity contribution in [3.63, 3.8) is 0 Å². The molecule has 0 atom stereocenters. The molecular formula is C18H14ClNO. The van der Waals surface area contributed by atoms with Gasteiger partial charge in [-0.15, -0.1) is 0 Å². The highest BCUT2D eigenvalue weighted by Gasteiger charge is 2.06. The van der Waals surface area contributed by atoms with Gasteiger partial charge in [0.05, 0.1) is 5.52 Å². The third kappa shape index (κ3) is 2.96. The Hall–Kier alpha value is -2.19. The zero-order valence-electron chi connectivity index (χ0n) is 11.6. The first-order valence-electron chi connectivity index (χ1n) is 6.75. The SMILES string of the molecule is Cc1cc(Cc2ccc(C=O)cc2)c2cc(Cl)ccc2n1. The molecule has 0 unspecified atom stereocenters. The molecule has 0 saturated heterocycles. The summed E-state index contributed by atoms with van der Waals surface area (Å²) in [4.78, 5) is 15.3. The Morgan fingerprint density at radius 3 is 2.57 bits per heavy atom. The molecule has 0 bridgehead atoms. The second-order valence-corrected chi connectivity index (χ2v) is 5.56. The van der Waals surface area contributed by atoms with Crippen molar-refractivity contribution in [2.45, 2.75) is 13.3 Å². The number of halogens is 1. The summed E-state index contributed by atoms with van der Waals surface area (Å²) in [6.07, 6.45) is 1.65. The molecule has 104 valence electrons. The van der Waals surface area contributed by atoms with E-state index in [1.807, 2.05) is 49.4 Å². The van der Waals surface area contributed by atoms with Crippen LogP contribution in [0, 0.1) is 6.92 Å². The number of rotatable bonds is 3. The highest BCUT2D eigenvalue weighted by molar-refractivity contribution is 6.31. The van der Waals surface area contributed by atoms with Crippen LogP contribution in [0.5, 0.6) is 0 Å². The average Bonchev–Trinajstić information content (AvgIpc) is 2.49. The molecule has 0 aliphatic carbocycles. The van der Waals surface area contributed by atoms with Crippen LogP contribution in [0.15, 0.2) is 48.5 Å². The highest BCUT2D eigenvalue weighted by Crippen LogP contribution is 2.24. The van der Waals surface area contributed by atoms with Gasteiger partial charge in [0, 0.05) is 21.7 Å². The summed E-state index contributed by atoms with van der Waals surface area (Å²) in [6, 6.07) is 15.5. The molecule has 1 aromatic heterocycles. The van der Waals surface area contributed by atoms with Crippen molar-refractivity contribution in [2.75, 3.05) is 0 Å². The fourth-order valence-corrected chi connectivity index (χ4v) is 2.67. The largest absolute Gasteiger partial charge is 0.298 e. The standard InChI is InChI=1S/C18H14ClNO/c1-12-8-15(9-13-2-4-14(11-21)5-3-13)17-10-16(19)6-7-18(17)20-12/h2-8,10-11H,9H2,1H3. The smallest absolute Gasteiger partial charge is 0.150 e. The number of carbonyl (C=O) groups excluding carboxylic acids is 1. The van der Waals surface area contributed by atoms with E-state index in [0.717, 1.165) is 34.9 Å². The monoisotopic (exact) mass is 295 g/mol. The number of hydrogen-bond donors (Lipinski definition) is 0. The lowest BCUT2D eigenvalue weighted by Gasteiger charge is -2.09. The van der Waals surface area contributed by atoms with Crippen molar-refractivity contribution in [1.82, 2.24) is 4.98 Å². The predicted molar refractivity (Wildman–Crippen MR) is 86.1 cm³/mol. The predicted octanol–water partition coefficient (Wildman–Crippen LogP) is 4.60. The van der Waals surface area contributed by atoms with Gasteiger partial charge in [0.25, 0.3) is 0 Å². The summed E-state index contributed by atoms with van der Waals surface area (Å²) in [7, 11) is 0. The molecule has 0 fully saturated rings. The van der Waals surface area contributed by atoms with E-state index in [4.69, 9.17) is 11.6 Å². The lowest BCUT2D eigenvalue weighted by Crippen LogP contribution is -1.94. The zero-order chi connectivity index (χ0) is 14.8. The summed E-state index contributed by atoms with van der Waals surface area (Å²) < 4.78 is 0. The lowest BCUT2D eigenvalue weighted by molar-refractivity contribution is 0.112. The topological polar surface area (TPSA) is 30.0 Å². The number of benzene rings is 2. The zero-order valence-corrected chi connectivity index (χ0v) is 12.4. The maximum Gasteiger partial charge on any atom is 0.150 e. The minimum atomic E-state index is 0.692. The molecule has 0 amide bonds. The van der Waals surface area contributed by atoms with Gasteiger partial charge in [0.15, 0.2) is 0 Å². The summed E-state index contributed by atoms with van der Waals surface area (Å²) in [5.41, 5.74) is 4.99. The Labute approximate surface area is 128 Å². The number of aldehydes is 1. The number of aromatic nitrogens is 1. The van der Waals surface area contributed by atoms with Gasteiger partial charge >= 0.3 is 0 Å². The first kappa shape index (κ1) is 13.8. The molecular weight excluding hydrogens is 282 g/mol. The van der Waals surface area contributed by atoms with Gasteiger partial charge in [0.1, 0.15) is 6.29 Å². The van der Waals surface area contributed by atoms with Crippen LogP contribution in [0.1, 0.15) is 27.2 Å². The molecule has 0 saturated carbocycles. The van der Waals surface area contributed by atoms with Crippen LogP contribution in [-0.2, 0) is 6.42 Å². The van der Waals surface area contributed by atoms with Gasteiger partial charge < -0.3 is 0 Å². The Kier molecular flexibility index (Phi) is 3.72. The van der Waals surface area contributed by atoms with Crippen LogP contribution >= 0.6 is 11.6 Å².